The van der Waals surface area contributed by atoms with Crippen LogP contribution in [0.1, 0.15) is 17.5 Å². The Hall–Kier alpha value is -1.41. The third kappa shape index (κ3) is 2.16. The monoisotopic (exact) mass is 200 g/mol. The first kappa shape index (κ1) is 10.1. The van der Waals surface area contributed by atoms with Crippen molar-refractivity contribution in [1.29, 1.82) is 0 Å². The van der Waals surface area contributed by atoms with Gasteiger partial charge in [-0.05, 0) is 49.6 Å². The van der Waals surface area contributed by atoms with Gasteiger partial charge >= 0.3 is 0 Å². The molecule has 0 aliphatic rings. The van der Waals surface area contributed by atoms with Gasteiger partial charge in [-0.2, -0.15) is 0 Å². The van der Waals surface area contributed by atoms with Crippen LogP contribution in [-0.2, 0) is 6.42 Å². The van der Waals surface area contributed by atoms with Crippen molar-refractivity contribution in [3.8, 4) is 0 Å². The van der Waals surface area contributed by atoms with Crippen molar-refractivity contribution < 1.29 is 0 Å². The third-order valence-corrected chi connectivity index (χ3v) is 2.62. The average Bonchev–Trinajstić information content (AvgIpc) is 2.26. The van der Waals surface area contributed by atoms with Gasteiger partial charge in [-0.1, -0.05) is 12.1 Å². The van der Waals surface area contributed by atoms with Crippen LogP contribution in [-0.4, -0.2) is 11.5 Å². The fourth-order valence-corrected chi connectivity index (χ4v) is 1.90. The number of fused-ring (bicyclic) bond motifs is 1. The predicted octanol–water partition coefficient (Wildman–Crippen LogP) is 2.43. The highest BCUT2D eigenvalue weighted by Gasteiger charge is 2.00. The first-order valence-electron chi connectivity index (χ1n) is 5.35. The lowest BCUT2D eigenvalue weighted by Gasteiger charge is -2.05. The predicted molar refractivity (Wildman–Crippen MR) is 63.9 cm³/mol. The number of aryl methyl sites for hydroxylation is 2. The van der Waals surface area contributed by atoms with E-state index in [0.717, 1.165) is 24.9 Å². The maximum atomic E-state index is 5.51. The lowest BCUT2D eigenvalue weighted by molar-refractivity contribution is 0.833. The molecule has 0 unspecified atom stereocenters. The standard InChI is InChI=1S/C13H16N2/c1-10-8-11(4-2-6-14)9-12-5-3-7-15-13(10)12/h3,5,7-9H,2,4,6,14H2,1H3. The van der Waals surface area contributed by atoms with Crippen LogP contribution >= 0.6 is 0 Å². The summed E-state index contributed by atoms with van der Waals surface area (Å²) in [6, 6.07) is 8.52. The number of rotatable bonds is 3. The van der Waals surface area contributed by atoms with Crippen molar-refractivity contribution in [2.24, 2.45) is 5.73 Å². The van der Waals surface area contributed by atoms with E-state index in [9.17, 15) is 0 Å². The van der Waals surface area contributed by atoms with E-state index in [1.807, 2.05) is 12.3 Å². The number of nitrogens with zero attached hydrogens (tertiary/aromatic N) is 1. The molecule has 2 rings (SSSR count). The SMILES string of the molecule is Cc1cc(CCCN)cc2cccnc12. The number of nitrogens with two attached hydrogens (primary N) is 1. The molecule has 0 saturated heterocycles. The molecule has 2 nitrogen and oxygen atoms in total. The van der Waals surface area contributed by atoms with Crippen LogP contribution in [0.5, 0.6) is 0 Å². The molecule has 1 aromatic carbocycles. The van der Waals surface area contributed by atoms with E-state index in [1.54, 1.807) is 0 Å². The molecule has 0 aliphatic carbocycles. The van der Waals surface area contributed by atoms with E-state index in [2.05, 4.69) is 30.1 Å². The molecule has 0 fully saturated rings. The zero-order valence-electron chi connectivity index (χ0n) is 9.03. The third-order valence-electron chi connectivity index (χ3n) is 2.62. The molecule has 0 spiro atoms. The molecule has 0 radical (unpaired) electrons. The Balaban J connectivity index is 2.43. The van der Waals surface area contributed by atoms with Gasteiger partial charge in [0.15, 0.2) is 0 Å². The van der Waals surface area contributed by atoms with Crippen molar-refractivity contribution in [2.45, 2.75) is 19.8 Å². The Morgan fingerprint density at radius 2 is 2.20 bits per heavy atom. The Morgan fingerprint density at radius 3 is 3.00 bits per heavy atom. The number of pyridine rings is 1. The molecule has 78 valence electrons. The number of hydrogen-bond acceptors (Lipinski definition) is 2. The zero-order valence-corrected chi connectivity index (χ0v) is 9.03. The first-order chi connectivity index (χ1) is 7.31. The van der Waals surface area contributed by atoms with Crippen LogP contribution < -0.4 is 5.73 Å². The van der Waals surface area contributed by atoms with E-state index >= 15 is 0 Å². The van der Waals surface area contributed by atoms with Gasteiger partial charge in [0.1, 0.15) is 0 Å². The molecule has 1 aromatic heterocycles. The van der Waals surface area contributed by atoms with Gasteiger partial charge < -0.3 is 5.73 Å². The van der Waals surface area contributed by atoms with E-state index in [4.69, 9.17) is 5.73 Å². The van der Waals surface area contributed by atoms with Crippen molar-refractivity contribution >= 4 is 10.9 Å². The molecule has 0 atom stereocenters. The summed E-state index contributed by atoms with van der Waals surface area (Å²) in [5.41, 5.74) is 9.23. The first-order valence-corrected chi connectivity index (χ1v) is 5.35. The Labute approximate surface area is 90.1 Å². The lowest BCUT2D eigenvalue weighted by atomic mass is 10.0. The van der Waals surface area contributed by atoms with E-state index in [-0.39, 0.29) is 0 Å². The highest BCUT2D eigenvalue weighted by atomic mass is 14.6. The Bertz CT molecular complexity index is 463. The van der Waals surface area contributed by atoms with Crippen molar-refractivity contribution in [2.75, 3.05) is 6.54 Å². The molecular formula is C13H16N2. The highest BCUT2D eigenvalue weighted by molar-refractivity contribution is 5.82. The molecule has 0 saturated carbocycles. The topological polar surface area (TPSA) is 38.9 Å². The van der Waals surface area contributed by atoms with Gasteiger partial charge in [0.05, 0.1) is 5.52 Å². The number of benzene rings is 1. The lowest BCUT2D eigenvalue weighted by Crippen LogP contribution is -2.00. The van der Waals surface area contributed by atoms with Crippen LogP contribution in [0.3, 0.4) is 0 Å². The minimum atomic E-state index is 0.754. The van der Waals surface area contributed by atoms with Gasteiger partial charge in [-0.15, -0.1) is 0 Å². The normalized spacial score (nSPS) is 10.8. The summed E-state index contributed by atoms with van der Waals surface area (Å²) < 4.78 is 0. The largest absolute Gasteiger partial charge is 0.330 e. The second-order valence-electron chi connectivity index (χ2n) is 3.88. The summed E-state index contributed by atoms with van der Waals surface area (Å²) in [6.07, 6.45) is 3.95. The van der Waals surface area contributed by atoms with E-state index < -0.39 is 0 Å². The zero-order chi connectivity index (χ0) is 10.7. The van der Waals surface area contributed by atoms with E-state index in [1.165, 1.54) is 16.5 Å². The molecule has 1 heterocycles. The summed E-state index contributed by atoms with van der Waals surface area (Å²) in [5.74, 6) is 0. The molecular weight excluding hydrogens is 184 g/mol. The molecule has 15 heavy (non-hydrogen) atoms. The second-order valence-corrected chi connectivity index (χ2v) is 3.88. The highest BCUT2D eigenvalue weighted by Crippen LogP contribution is 2.18. The molecule has 0 aliphatic heterocycles. The van der Waals surface area contributed by atoms with Crippen molar-refractivity contribution in [3.63, 3.8) is 0 Å². The molecule has 2 heteroatoms. The quantitative estimate of drug-likeness (QED) is 0.826. The molecule has 2 aromatic rings. The minimum absolute atomic E-state index is 0.754. The Kier molecular flexibility index (Phi) is 2.97. The Morgan fingerprint density at radius 1 is 1.33 bits per heavy atom. The van der Waals surface area contributed by atoms with Crippen LogP contribution in [0.4, 0.5) is 0 Å². The number of hydrogen-bond donors (Lipinski definition) is 1. The number of aromatic nitrogens is 1. The summed E-state index contributed by atoms with van der Waals surface area (Å²) in [6.45, 7) is 2.87. The fraction of sp³-hybridized carbons (Fsp3) is 0.308. The summed E-state index contributed by atoms with van der Waals surface area (Å²) in [5, 5.41) is 1.23. The van der Waals surface area contributed by atoms with Gasteiger partial charge in [0.25, 0.3) is 0 Å². The minimum Gasteiger partial charge on any atom is -0.330 e. The summed E-state index contributed by atoms with van der Waals surface area (Å²) in [4.78, 5) is 4.38. The van der Waals surface area contributed by atoms with Gasteiger partial charge in [0.2, 0.25) is 0 Å². The smallest absolute Gasteiger partial charge is 0.0731 e. The molecule has 2 N–H and O–H groups in total. The van der Waals surface area contributed by atoms with Gasteiger partial charge in [0, 0.05) is 11.6 Å². The summed E-state index contributed by atoms with van der Waals surface area (Å²) >= 11 is 0. The molecule has 0 bridgehead atoms. The van der Waals surface area contributed by atoms with Crippen LogP contribution in [0.2, 0.25) is 0 Å². The van der Waals surface area contributed by atoms with Crippen LogP contribution in [0.15, 0.2) is 30.5 Å². The van der Waals surface area contributed by atoms with Gasteiger partial charge in [-0.25, -0.2) is 0 Å². The van der Waals surface area contributed by atoms with Crippen molar-refractivity contribution in [1.82, 2.24) is 4.98 Å². The van der Waals surface area contributed by atoms with Crippen molar-refractivity contribution in [3.05, 3.63) is 41.6 Å². The second kappa shape index (κ2) is 4.41. The van der Waals surface area contributed by atoms with Crippen LogP contribution in [0, 0.1) is 6.92 Å². The van der Waals surface area contributed by atoms with Gasteiger partial charge in [-0.3, -0.25) is 4.98 Å². The summed E-state index contributed by atoms with van der Waals surface area (Å²) in [7, 11) is 0. The molecule has 0 amide bonds. The van der Waals surface area contributed by atoms with E-state index in [0.29, 0.717) is 0 Å². The fourth-order valence-electron chi connectivity index (χ4n) is 1.90. The average molecular weight is 200 g/mol. The van der Waals surface area contributed by atoms with Crippen LogP contribution in [0.25, 0.3) is 10.9 Å². The maximum Gasteiger partial charge on any atom is 0.0731 e. The maximum absolute atomic E-state index is 5.51.